The molecule has 1 atom stereocenters. The summed E-state index contributed by atoms with van der Waals surface area (Å²) in [4.78, 5) is 4.10. The molecule has 1 unspecified atom stereocenters. The highest BCUT2D eigenvalue weighted by Crippen LogP contribution is 2.41. The highest BCUT2D eigenvalue weighted by atomic mass is 32.1. The number of aryl methyl sites for hydroxylation is 1. The first kappa shape index (κ1) is 13.5. The summed E-state index contributed by atoms with van der Waals surface area (Å²) in [7, 11) is 0. The van der Waals surface area contributed by atoms with E-state index in [9.17, 15) is 13.2 Å². The van der Waals surface area contributed by atoms with Gasteiger partial charge in [-0.1, -0.05) is 20.8 Å². The number of rotatable bonds is 2. The van der Waals surface area contributed by atoms with Gasteiger partial charge in [0.1, 0.15) is 0 Å². The van der Waals surface area contributed by atoms with E-state index in [0.717, 1.165) is 5.69 Å². The molecule has 0 saturated heterocycles. The summed E-state index contributed by atoms with van der Waals surface area (Å²) >= 11 is 1.30. The first-order chi connectivity index (χ1) is 7.10. The van der Waals surface area contributed by atoms with E-state index >= 15 is 0 Å². The number of aromatic nitrogens is 1. The van der Waals surface area contributed by atoms with Crippen LogP contribution in [-0.4, -0.2) is 11.2 Å². The van der Waals surface area contributed by atoms with Crippen LogP contribution in [0.3, 0.4) is 0 Å². The molecule has 92 valence electrons. The van der Waals surface area contributed by atoms with Crippen LogP contribution in [0.15, 0.2) is 5.38 Å². The first-order valence-electron chi connectivity index (χ1n) is 5.08. The first-order valence-corrected chi connectivity index (χ1v) is 5.96. The SMILES string of the molecule is Cc1csc(CC(C(C)(C)C)C(F)(F)F)n1. The largest absolute Gasteiger partial charge is 0.392 e. The lowest BCUT2D eigenvalue weighted by Crippen LogP contribution is -2.36. The zero-order valence-electron chi connectivity index (χ0n) is 9.85. The Balaban J connectivity index is 2.88. The molecule has 16 heavy (non-hydrogen) atoms. The van der Waals surface area contributed by atoms with Gasteiger partial charge in [0, 0.05) is 17.5 Å². The maximum atomic E-state index is 12.9. The molecule has 0 aromatic carbocycles. The number of hydrogen-bond donors (Lipinski definition) is 0. The van der Waals surface area contributed by atoms with Crippen LogP contribution in [0.5, 0.6) is 0 Å². The molecule has 0 aliphatic carbocycles. The lowest BCUT2D eigenvalue weighted by atomic mass is 9.78. The summed E-state index contributed by atoms with van der Waals surface area (Å²) in [5.74, 6) is -1.34. The Morgan fingerprint density at radius 2 is 1.88 bits per heavy atom. The third-order valence-electron chi connectivity index (χ3n) is 2.49. The lowest BCUT2D eigenvalue weighted by Gasteiger charge is -2.31. The lowest BCUT2D eigenvalue weighted by molar-refractivity contribution is -0.199. The molecular formula is C11H16F3NS. The maximum absolute atomic E-state index is 12.9. The van der Waals surface area contributed by atoms with Crippen LogP contribution >= 0.6 is 11.3 Å². The standard InChI is InChI=1S/C11H16F3NS/c1-7-6-16-9(15-7)5-8(10(2,3)4)11(12,13)14/h6,8H,5H2,1-4H3. The molecule has 1 nitrogen and oxygen atoms in total. The van der Waals surface area contributed by atoms with E-state index in [0.29, 0.717) is 5.01 Å². The number of hydrogen-bond acceptors (Lipinski definition) is 2. The highest BCUT2D eigenvalue weighted by molar-refractivity contribution is 7.09. The molecule has 1 heterocycles. The van der Waals surface area contributed by atoms with Gasteiger partial charge in [0.2, 0.25) is 0 Å². The fraction of sp³-hybridized carbons (Fsp3) is 0.727. The van der Waals surface area contributed by atoms with Crippen LogP contribution in [0.1, 0.15) is 31.5 Å². The van der Waals surface area contributed by atoms with Crippen LogP contribution in [0.4, 0.5) is 13.2 Å². The molecule has 0 amide bonds. The second-order valence-electron chi connectivity index (χ2n) is 5.05. The molecule has 0 aliphatic rings. The Kier molecular flexibility index (Phi) is 3.67. The predicted molar refractivity (Wildman–Crippen MR) is 59.6 cm³/mol. The van der Waals surface area contributed by atoms with E-state index in [1.54, 1.807) is 33.1 Å². The number of nitrogens with zero attached hydrogens (tertiary/aromatic N) is 1. The van der Waals surface area contributed by atoms with Gasteiger partial charge in [0.15, 0.2) is 0 Å². The molecule has 0 fully saturated rings. The summed E-state index contributed by atoms with van der Waals surface area (Å²) in [5, 5.41) is 2.35. The Morgan fingerprint density at radius 3 is 2.19 bits per heavy atom. The fourth-order valence-corrected chi connectivity index (χ4v) is 2.40. The Morgan fingerprint density at radius 1 is 1.31 bits per heavy atom. The monoisotopic (exact) mass is 251 g/mol. The van der Waals surface area contributed by atoms with Crippen LogP contribution in [0, 0.1) is 18.3 Å². The Labute approximate surface area is 97.7 Å². The molecule has 0 N–H and O–H groups in total. The van der Waals surface area contributed by atoms with Gasteiger partial charge in [-0.05, 0) is 12.3 Å². The van der Waals surface area contributed by atoms with E-state index in [1.165, 1.54) is 11.3 Å². The fourth-order valence-electron chi connectivity index (χ4n) is 1.58. The number of halogens is 3. The summed E-state index contributed by atoms with van der Waals surface area (Å²) in [5.41, 5.74) is -0.00694. The van der Waals surface area contributed by atoms with E-state index in [-0.39, 0.29) is 6.42 Å². The molecule has 0 aliphatic heterocycles. The third-order valence-corrected chi connectivity index (χ3v) is 3.47. The van der Waals surface area contributed by atoms with Crippen LogP contribution in [0.2, 0.25) is 0 Å². The number of thiazole rings is 1. The van der Waals surface area contributed by atoms with Crippen molar-refractivity contribution in [2.24, 2.45) is 11.3 Å². The van der Waals surface area contributed by atoms with E-state index < -0.39 is 17.5 Å². The molecule has 1 rings (SSSR count). The third kappa shape index (κ3) is 3.47. The summed E-state index contributed by atoms with van der Waals surface area (Å²) in [6.07, 6.45) is -4.19. The highest BCUT2D eigenvalue weighted by Gasteiger charge is 2.46. The second kappa shape index (κ2) is 4.35. The van der Waals surface area contributed by atoms with Crippen LogP contribution in [0.25, 0.3) is 0 Å². The van der Waals surface area contributed by atoms with Crippen molar-refractivity contribution in [1.82, 2.24) is 4.98 Å². The zero-order chi connectivity index (χ0) is 12.6. The van der Waals surface area contributed by atoms with Crippen LogP contribution in [-0.2, 0) is 6.42 Å². The number of alkyl halides is 3. The van der Waals surface area contributed by atoms with Crippen molar-refractivity contribution in [2.75, 3.05) is 0 Å². The molecule has 1 aromatic heterocycles. The minimum Gasteiger partial charge on any atom is -0.247 e. The molecule has 0 radical (unpaired) electrons. The molecule has 1 aromatic rings. The average Bonchev–Trinajstić information content (AvgIpc) is 2.43. The van der Waals surface area contributed by atoms with Gasteiger partial charge in [-0.25, -0.2) is 4.98 Å². The van der Waals surface area contributed by atoms with E-state index in [4.69, 9.17) is 0 Å². The van der Waals surface area contributed by atoms with Gasteiger partial charge in [-0.15, -0.1) is 11.3 Å². The smallest absolute Gasteiger partial charge is 0.247 e. The van der Waals surface area contributed by atoms with Crippen molar-refractivity contribution >= 4 is 11.3 Å². The van der Waals surface area contributed by atoms with Gasteiger partial charge < -0.3 is 0 Å². The van der Waals surface area contributed by atoms with E-state index in [1.807, 2.05) is 0 Å². The molecule has 0 bridgehead atoms. The molecular weight excluding hydrogens is 235 g/mol. The maximum Gasteiger partial charge on any atom is 0.392 e. The minimum absolute atomic E-state index is 0.0223. The van der Waals surface area contributed by atoms with Gasteiger partial charge in [0.05, 0.1) is 10.9 Å². The predicted octanol–water partition coefficient (Wildman–Crippen LogP) is 4.22. The van der Waals surface area contributed by atoms with Crippen molar-refractivity contribution in [2.45, 2.75) is 40.3 Å². The molecule has 5 heteroatoms. The minimum atomic E-state index is -4.17. The van der Waals surface area contributed by atoms with Crippen molar-refractivity contribution < 1.29 is 13.2 Å². The van der Waals surface area contributed by atoms with Crippen molar-refractivity contribution in [3.8, 4) is 0 Å². The normalized spacial score (nSPS) is 15.2. The van der Waals surface area contributed by atoms with Gasteiger partial charge in [-0.2, -0.15) is 13.2 Å². The Hall–Kier alpha value is -0.580. The van der Waals surface area contributed by atoms with Crippen molar-refractivity contribution in [3.63, 3.8) is 0 Å². The van der Waals surface area contributed by atoms with Crippen molar-refractivity contribution in [1.29, 1.82) is 0 Å². The molecule has 0 saturated carbocycles. The van der Waals surface area contributed by atoms with Gasteiger partial charge in [-0.3, -0.25) is 0 Å². The Bertz CT molecular complexity index is 335. The van der Waals surface area contributed by atoms with Crippen LogP contribution < -0.4 is 0 Å². The summed E-state index contributed by atoms with van der Waals surface area (Å²) in [6, 6.07) is 0. The quantitative estimate of drug-likeness (QED) is 0.767. The second-order valence-corrected chi connectivity index (χ2v) is 5.99. The van der Waals surface area contributed by atoms with E-state index in [2.05, 4.69) is 4.98 Å². The van der Waals surface area contributed by atoms with Gasteiger partial charge in [0.25, 0.3) is 0 Å². The topological polar surface area (TPSA) is 12.9 Å². The summed E-state index contributed by atoms with van der Waals surface area (Å²) in [6.45, 7) is 6.64. The zero-order valence-corrected chi connectivity index (χ0v) is 10.7. The average molecular weight is 251 g/mol. The molecule has 0 spiro atoms. The van der Waals surface area contributed by atoms with Gasteiger partial charge >= 0.3 is 6.18 Å². The van der Waals surface area contributed by atoms with Crippen molar-refractivity contribution in [3.05, 3.63) is 16.1 Å². The summed E-state index contributed by atoms with van der Waals surface area (Å²) < 4.78 is 38.7.